The van der Waals surface area contributed by atoms with Crippen molar-refractivity contribution in [1.29, 1.82) is 0 Å². The molecule has 0 bridgehead atoms. The van der Waals surface area contributed by atoms with E-state index in [1.54, 1.807) is 24.3 Å². The summed E-state index contributed by atoms with van der Waals surface area (Å²) in [5.74, 6) is 0.234. The summed E-state index contributed by atoms with van der Waals surface area (Å²) in [5.41, 5.74) is 1.64. The van der Waals surface area contributed by atoms with Gasteiger partial charge in [-0.2, -0.15) is 4.31 Å². The van der Waals surface area contributed by atoms with E-state index < -0.39 is 10.0 Å². The highest BCUT2D eigenvalue weighted by Gasteiger charge is 2.21. The van der Waals surface area contributed by atoms with Crippen LogP contribution in [0.3, 0.4) is 0 Å². The average Bonchev–Trinajstić information content (AvgIpc) is 3.14. The second-order valence-corrected chi connectivity index (χ2v) is 9.65. The van der Waals surface area contributed by atoms with Gasteiger partial charge in [-0.1, -0.05) is 52.2 Å². The molecular formula is C21H30N2O3S2. The van der Waals surface area contributed by atoms with Gasteiger partial charge in [0.15, 0.2) is 0 Å². The highest BCUT2D eigenvalue weighted by Crippen LogP contribution is 2.25. The van der Waals surface area contributed by atoms with Gasteiger partial charge < -0.3 is 0 Å². The summed E-state index contributed by atoms with van der Waals surface area (Å²) >= 11 is 1.48. The molecule has 5 nitrogen and oxygen atoms in total. The smallest absolute Gasteiger partial charge is 0.243 e. The predicted octanol–water partition coefficient (Wildman–Crippen LogP) is 4.92. The number of Topliss-reactive ketones (excluding diaryl/α,β-unsaturated/α-hetero) is 1. The van der Waals surface area contributed by atoms with Crippen molar-refractivity contribution >= 4 is 27.1 Å². The van der Waals surface area contributed by atoms with Gasteiger partial charge in [-0.3, -0.25) is 4.79 Å². The van der Waals surface area contributed by atoms with Gasteiger partial charge in [-0.05, 0) is 18.6 Å². The summed E-state index contributed by atoms with van der Waals surface area (Å²) in [4.78, 5) is 16.9. The molecule has 1 aromatic heterocycles. The Bertz CT molecular complexity index is 854. The summed E-state index contributed by atoms with van der Waals surface area (Å²) in [6, 6.07) is 6.81. The zero-order valence-electron chi connectivity index (χ0n) is 17.0. The van der Waals surface area contributed by atoms with Crippen LogP contribution in [-0.4, -0.2) is 36.6 Å². The molecule has 0 fully saturated rings. The van der Waals surface area contributed by atoms with Gasteiger partial charge in [-0.25, -0.2) is 13.4 Å². The number of carbonyl (C=O) groups excluding carboxylic acids is 1. The third-order valence-electron chi connectivity index (χ3n) is 4.70. The SMILES string of the molecule is CCCCCCC(=O)Cc1nc(-c2ccc(S(=O)(=O)N(CC)CC)cc2)cs1. The minimum atomic E-state index is -3.45. The molecule has 0 saturated heterocycles. The predicted molar refractivity (Wildman–Crippen MR) is 115 cm³/mol. The lowest BCUT2D eigenvalue weighted by Gasteiger charge is -2.18. The number of hydrogen-bond donors (Lipinski definition) is 0. The van der Waals surface area contributed by atoms with Gasteiger partial charge in [0.05, 0.1) is 17.0 Å². The fraction of sp³-hybridized carbons (Fsp3) is 0.524. The fourth-order valence-corrected chi connectivity index (χ4v) is 5.33. The van der Waals surface area contributed by atoms with Crippen LogP contribution in [0.1, 0.15) is 57.9 Å². The first kappa shape index (κ1) is 22.7. The van der Waals surface area contributed by atoms with Crippen LogP contribution >= 0.6 is 11.3 Å². The number of sulfonamides is 1. The van der Waals surface area contributed by atoms with Crippen LogP contribution in [0.5, 0.6) is 0 Å². The average molecular weight is 423 g/mol. The van der Waals surface area contributed by atoms with Crippen LogP contribution in [0.2, 0.25) is 0 Å². The summed E-state index contributed by atoms with van der Waals surface area (Å²) in [5, 5.41) is 2.74. The van der Waals surface area contributed by atoms with Crippen molar-refractivity contribution in [3.8, 4) is 11.3 Å². The van der Waals surface area contributed by atoms with Gasteiger partial charge in [-0.15, -0.1) is 11.3 Å². The molecule has 0 saturated carbocycles. The number of aromatic nitrogens is 1. The Morgan fingerprint density at radius 3 is 2.32 bits per heavy atom. The molecule has 0 aliphatic heterocycles. The minimum absolute atomic E-state index is 0.234. The molecule has 0 aliphatic rings. The largest absolute Gasteiger partial charge is 0.299 e. The van der Waals surface area contributed by atoms with E-state index in [0.29, 0.717) is 25.9 Å². The monoisotopic (exact) mass is 422 g/mol. The summed E-state index contributed by atoms with van der Waals surface area (Å²) in [6.45, 7) is 6.71. The first-order chi connectivity index (χ1) is 13.4. The van der Waals surface area contributed by atoms with E-state index in [2.05, 4.69) is 11.9 Å². The maximum absolute atomic E-state index is 12.6. The maximum atomic E-state index is 12.6. The van der Waals surface area contributed by atoms with Gasteiger partial charge in [0.2, 0.25) is 10.0 Å². The third-order valence-corrected chi connectivity index (χ3v) is 7.62. The number of nitrogens with zero attached hydrogens (tertiary/aromatic N) is 2. The van der Waals surface area contributed by atoms with Crippen LogP contribution in [0.25, 0.3) is 11.3 Å². The van der Waals surface area contributed by atoms with Crippen LogP contribution in [0.15, 0.2) is 34.5 Å². The highest BCUT2D eigenvalue weighted by molar-refractivity contribution is 7.89. The standard InChI is InChI=1S/C21H30N2O3S2/c1-4-7-8-9-10-18(24)15-21-22-20(16-27-21)17-11-13-19(14-12-17)28(25,26)23(5-2)6-3/h11-14,16H,4-10,15H2,1-3H3. The second kappa shape index (κ2) is 10.8. The number of hydrogen-bond acceptors (Lipinski definition) is 5. The van der Waals surface area contributed by atoms with Crippen molar-refractivity contribution in [2.45, 2.75) is 64.2 Å². The lowest BCUT2D eigenvalue weighted by Crippen LogP contribution is -2.30. The zero-order chi connectivity index (χ0) is 20.6. The number of thiazole rings is 1. The molecule has 0 amide bonds. The number of carbonyl (C=O) groups is 1. The number of rotatable bonds is 12. The van der Waals surface area contributed by atoms with Crippen molar-refractivity contribution in [1.82, 2.24) is 9.29 Å². The Kier molecular flexibility index (Phi) is 8.79. The molecule has 154 valence electrons. The van der Waals surface area contributed by atoms with Gasteiger partial charge in [0, 0.05) is 30.5 Å². The third kappa shape index (κ3) is 5.96. The molecule has 28 heavy (non-hydrogen) atoms. The molecule has 7 heteroatoms. The van der Waals surface area contributed by atoms with Crippen LogP contribution < -0.4 is 0 Å². The summed E-state index contributed by atoms with van der Waals surface area (Å²) < 4.78 is 26.6. The Morgan fingerprint density at radius 1 is 1.04 bits per heavy atom. The van der Waals surface area contributed by atoms with E-state index in [9.17, 15) is 13.2 Å². The first-order valence-electron chi connectivity index (χ1n) is 9.99. The second-order valence-electron chi connectivity index (χ2n) is 6.77. The summed E-state index contributed by atoms with van der Waals surface area (Å²) in [6.07, 6.45) is 5.40. The van der Waals surface area contributed by atoms with Crippen molar-refractivity contribution < 1.29 is 13.2 Å². The molecule has 2 aromatic rings. The van der Waals surface area contributed by atoms with Crippen LogP contribution in [0.4, 0.5) is 0 Å². The number of unbranched alkanes of at least 4 members (excludes halogenated alkanes) is 3. The molecule has 0 N–H and O–H groups in total. The lowest BCUT2D eigenvalue weighted by atomic mass is 10.1. The van der Waals surface area contributed by atoms with Gasteiger partial charge in [0.25, 0.3) is 0 Å². The van der Waals surface area contributed by atoms with Gasteiger partial charge in [0.1, 0.15) is 10.8 Å². The molecule has 0 aliphatic carbocycles. The molecule has 0 unspecified atom stereocenters. The molecule has 0 spiro atoms. The first-order valence-corrected chi connectivity index (χ1v) is 12.3. The Balaban J connectivity index is 2.02. The summed E-state index contributed by atoms with van der Waals surface area (Å²) in [7, 11) is -3.45. The molecule has 0 radical (unpaired) electrons. The van der Waals surface area contributed by atoms with Crippen molar-refractivity contribution in [2.24, 2.45) is 0 Å². The van der Waals surface area contributed by atoms with E-state index in [1.807, 2.05) is 19.2 Å². The fourth-order valence-electron chi connectivity index (χ4n) is 3.04. The molecule has 2 rings (SSSR count). The Labute approximate surface area is 172 Å². The molecular weight excluding hydrogens is 392 g/mol. The topological polar surface area (TPSA) is 67.3 Å². The number of benzene rings is 1. The van der Waals surface area contributed by atoms with Crippen LogP contribution in [0, 0.1) is 0 Å². The Morgan fingerprint density at radius 2 is 1.71 bits per heavy atom. The van der Waals surface area contributed by atoms with E-state index >= 15 is 0 Å². The van der Waals surface area contributed by atoms with Crippen LogP contribution in [-0.2, 0) is 21.2 Å². The molecule has 0 atom stereocenters. The minimum Gasteiger partial charge on any atom is -0.299 e. The molecule has 1 aromatic carbocycles. The lowest BCUT2D eigenvalue weighted by molar-refractivity contribution is -0.118. The molecule has 1 heterocycles. The quantitative estimate of drug-likeness (QED) is 0.455. The zero-order valence-corrected chi connectivity index (χ0v) is 18.6. The maximum Gasteiger partial charge on any atom is 0.243 e. The highest BCUT2D eigenvalue weighted by atomic mass is 32.2. The van der Waals surface area contributed by atoms with Crippen molar-refractivity contribution in [2.75, 3.05) is 13.1 Å². The Hall–Kier alpha value is -1.57. The van der Waals surface area contributed by atoms with Gasteiger partial charge >= 0.3 is 0 Å². The van der Waals surface area contributed by atoms with E-state index in [0.717, 1.165) is 29.1 Å². The van der Waals surface area contributed by atoms with Crippen molar-refractivity contribution in [3.05, 3.63) is 34.7 Å². The normalized spacial score (nSPS) is 11.9. The van der Waals surface area contributed by atoms with E-state index in [1.165, 1.54) is 28.5 Å². The van der Waals surface area contributed by atoms with E-state index in [4.69, 9.17) is 0 Å². The van der Waals surface area contributed by atoms with E-state index in [-0.39, 0.29) is 10.7 Å². The van der Waals surface area contributed by atoms with Crippen molar-refractivity contribution in [3.63, 3.8) is 0 Å². The number of ketones is 1.